The molecule has 0 aliphatic carbocycles. The SMILES string of the molecule is Cc1c(NCCc2ccc(F)cc2)cccc1[N+](=O)[O-]. The minimum Gasteiger partial charge on any atom is -0.384 e. The van der Waals surface area contributed by atoms with E-state index < -0.39 is 0 Å². The van der Waals surface area contributed by atoms with Gasteiger partial charge in [0.25, 0.3) is 5.69 Å². The summed E-state index contributed by atoms with van der Waals surface area (Å²) in [5, 5.41) is 14.0. The Kier molecular flexibility index (Phi) is 4.30. The number of nitrogens with one attached hydrogen (secondary N) is 1. The van der Waals surface area contributed by atoms with Crippen molar-refractivity contribution in [2.24, 2.45) is 0 Å². The molecule has 5 heteroatoms. The van der Waals surface area contributed by atoms with Gasteiger partial charge < -0.3 is 5.32 Å². The van der Waals surface area contributed by atoms with E-state index in [9.17, 15) is 14.5 Å². The van der Waals surface area contributed by atoms with Crippen molar-refractivity contribution < 1.29 is 9.31 Å². The van der Waals surface area contributed by atoms with Crippen molar-refractivity contribution in [1.29, 1.82) is 0 Å². The van der Waals surface area contributed by atoms with Crippen LogP contribution in [0.4, 0.5) is 15.8 Å². The number of nitro benzene ring substituents is 1. The fourth-order valence-corrected chi connectivity index (χ4v) is 2.01. The molecule has 2 aromatic rings. The molecule has 0 spiro atoms. The molecule has 20 heavy (non-hydrogen) atoms. The first-order chi connectivity index (χ1) is 9.58. The van der Waals surface area contributed by atoms with E-state index in [0.717, 1.165) is 17.7 Å². The third-order valence-electron chi connectivity index (χ3n) is 3.14. The number of nitrogens with zero attached hydrogens (tertiary/aromatic N) is 1. The molecule has 0 radical (unpaired) electrons. The van der Waals surface area contributed by atoms with Gasteiger partial charge in [0.1, 0.15) is 5.82 Å². The van der Waals surface area contributed by atoms with Gasteiger partial charge in [-0.2, -0.15) is 0 Å². The van der Waals surface area contributed by atoms with Crippen LogP contribution in [-0.4, -0.2) is 11.5 Å². The Morgan fingerprint density at radius 2 is 1.90 bits per heavy atom. The number of anilines is 1. The number of nitro groups is 1. The Labute approximate surface area is 116 Å². The van der Waals surface area contributed by atoms with E-state index in [-0.39, 0.29) is 16.4 Å². The van der Waals surface area contributed by atoms with Crippen LogP contribution in [0.25, 0.3) is 0 Å². The van der Waals surface area contributed by atoms with Crippen molar-refractivity contribution >= 4 is 11.4 Å². The minimum absolute atomic E-state index is 0.108. The Bertz CT molecular complexity index is 612. The van der Waals surface area contributed by atoms with Gasteiger partial charge in [0.05, 0.1) is 4.92 Å². The van der Waals surface area contributed by atoms with E-state index in [1.165, 1.54) is 18.2 Å². The molecule has 0 fully saturated rings. The van der Waals surface area contributed by atoms with Crippen molar-refractivity contribution in [3.05, 3.63) is 69.5 Å². The third-order valence-corrected chi connectivity index (χ3v) is 3.14. The average Bonchev–Trinajstić information content (AvgIpc) is 2.42. The first kappa shape index (κ1) is 14.0. The fraction of sp³-hybridized carbons (Fsp3) is 0.200. The summed E-state index contributed by atoms with van der Waals surface area (Å²) in [6.07, 6.45) is 0.725. The highest BCUT2D eigenvalue weighted by Crippen LogP contribution is 2.24. The summed E-state index contributed by atoms with van der Waals surface area (Å²) in [5.74, 6) is -0.253. The second-order valence-electron chi connectivity index (χ2n) is 4.51. The van der Waals surface area contributed by atoms with Gasteiger partial charge in [-0.05, 0) is 37.1 Å². The van der Waals surface area contributed by atoms with Crippen LogP contribution < -0.4 is 5.32 Å². The van der Waals surface area contributed by atoms with Crippen LogP contribution >= 0.6 is 0 Å². The molecule has 1 N–H and O–H groups in total. The Morgan fingerprint density at radius 3 is 2.55 bits per heavy atom. The van der Waals surface area contributed by atoms with E-state index in [1.807, 2.05) is 6.07 Å². The first-order valence-electron chi connectivity index (χ1n) is 6.30. The second-order valence-corrected chi connectivity index (χ2v) is 4.51. The summed E-state index contributed by atoms with van der Waals surface area (Å²) in [6.45, 7) is 2.35. The average molecular weight is 274 g/mol. The zero-order valence-corrected chi connectivity index (χ0v) is 11.1. The van der Waals surface area contributed by atoms with Gasteiger partial charge in [-0.3, -0.25) is 10.1 Å². The molecule has 2 rings (SSSR count). The summed E-state index contributed by atoms with van der Waals surface area (Å²) >= 11 is 0. The van der Waals surface area contributed by atoms with Crippen LogP contribution in [-0.2, 0) is 6.42 Å². The van der Waals surface area contributed by atoms with Crippen LogP contribution in [0, 0.1) is 22.9 Å². The number of hydrogen-bond donors (Lipinski definition) is 1. The first-order valence-corrected chi connectivity index (χ1v) is 6.30. The van der Waals surface area contributed by atoms with E-state index in [4.69, 9.17) is 0 Å². The normalized spacial score (nSPS) is 10.3. The van der Waals surface area contributed by atoms with Gasteiger partial charge in [-0.1, -0.05) is 18.2 Å². The lowest BCUT2D eigenvalue weighted by Crippen LogP contribution is -2.07. The topological polar surface area (TPSA) is 55.2 Å². The lowest BCUT2D eigenvalue weighted by atomic mass is 10.1. The van der Waals surface area contributed by atoms with Gasteiger partial charge in [-0.25, -0.2) is 4.39 Å². The lowest BCUT2D eigenvalue weighted by molar-refractivity contribution is -0.385. The summed E-state index contributed by atoms with van der Waals surface area (Å²) in [6, 6.07) is 11.3. The van der Waals surface area contributed by atoms with Crippen LogP contribution in [0.15, 0.2) is 42.5 Å². The summed E-state index contributed by atoms with van der Waals surface area (Å²) in [5.41, 5.74) is 2.50. The van der Waals surface area contributed by atoms with E-state index in [0.29, 0.717) is 12.1 Å². The highest BCUT2D eigenvalue weighted by Gasteiger charge is 2.12. The molecule has 0 saturated carbocycles. The van der Waals surface area contributed by atoms with Crippen LogP contribution in [0.3, 0.4) is 0 Å². The van der Waals surface area contributed by atoms with Crippen LogP contribution in [0.1, 0.15) is 11.1 Å². The second kappa shape index (κ2) is 6.14. The van der Waals surface area contributed by atoms with Crippen molar-refractivity contribution in [1.82, 2.24) is 0 Å². The highest BCUT2D eigenvalue weighted by molar-refractivity contribution is 5.59. The van der Waals surface area contributed by atoms with E-state index in [2.05, 4.69) is 5.32 Å². The lowest BCUT2D eigenvalue weighted by Gasteiger charge is -2.09. The maximum Gasteiger partial charge on any atom is 0.274 e. The third kappa shape index (κ3) is 3.32. The molecule has 0 atom stereocenters. The molecular weight excluding hydrogens is 259 g/mol. The fourth-order valence-electron chi connectivity index (χ4n) is 2.01. The Balaban J connectivity index is 1.99. The van der Waals surface area contributed by atoms with E-state index in [1.54, 1.807) is 25.1 Å². The predicted molar refractivity (Wildman–Crippen MR) is 76.4 cm³/mol. The number of halogens is 1. The number of benzene rings is 2. The minimum atomic E-state index is -0.388. The van der Waals surface area contributed by atoms with Crippen molar-refractivity contribution in [3.63, 3.8) is 0 Å². The zero-order chi connectivity index (χ0) is 14.5. The maximum atomic E-state index is 12.8. The molecule has 0 bridgehead atoms. The maximum absolute atomic E-state index is 12.8. The highest BCUT2D eigenvalue weighted by atomic mass is 19.1. The summed E-state index contributed by atoms with van der Waals surface area (Å²) < 4.78 is 12.8. The summed E-state index contributed by atoms with van der Waals surface area (Å²) in [7, 11) is 0. The standard InChI is InChI=1S/C15H15FN2O2/c1-11-14(3-2-4-15(11)18(19)20)17-10-9-12-5-7-13(16)8-6-12/h2-8,17H,9-10H2,1H3. The van der Waals surface area contributed by atoms with Gasteiger partial charge in [-0.15, -0.1) is 0 Å². The molecule has 0 aliphatic rings. The predicted octanol–water partition coefficient (Wildman–Crippen LogP) is 3.70. The smallest absolute Gasteiger partial charge is 0.274 e. The molecule has 2 aromatic carbocycles. The molecule has 0 saturated heterocycles. The van der Waals surface area contributed by atoms with Crippen molar-refractivity contribution in [2.75, 3.05) is 11.9 Å². The molecule has 0 unspecified atom stereocenters. The molecule has 0 heterocycles. The van der Waals surface area contributed by atoms with Gasteiger partial charge >= 0.3 is 0 Å². The Morgan fingerprint density at radius 1 is 1.20 bits per heavy atom. The quantitative estimate of drug-likeness (QED) is 0.668. The molecule has 0 aliphatic heterocycles. The van der Waals surface area contributed by atoms with Crippen molar-refractivity contribution in [2.45, 2.75) is 13.3 Å². The number of rotatable bonds is 5. The van der Waals surface area contributed by atoms with Crippen LogP contribution in [0.2, 0.25) is 0 Å². The van der Waals surface area contributed by atoms with E-state index >= 15 is 0 Å². The van der Waals surface area contributed by atoms with Gasteiger partial charge in [0.2, 0.25) is 0 Å². The number of hydrogen-bond acceptors (Lipinski definition) is 3. The molecule has 0 aromatic heterocycles. The van der Waals surface area contributed by atoms with Crippen LogP contribution in [0.5, 0.6) is 0 Å². The van der Waals surface area contributed by atoms with Gasteiger partial charge in [0.15, 0.2) is 0 Å². The molecule has 0 amide bonds. The Hall–Kier alpha value is -2.43. The summed E-state index contributed by atoms with van der Waals surface area (Å²) in [4.78, 5) is 10.5. The largest absolute Gasteiger partial charge is 0.384 e. The zero-order valence-electron chi connectivity index (χ0n) is 11.1. The molecular formula is C15H15FN2O2. The molecule has 4 nitrogen and oxygen atoms in total. The van der Waals surface area contributed by atoms with Gasteiger partial charge in [0, 0.05) is 23.9 Å². The molecule has 104 valence electrons. The monoisotopic (exact) mass is 274 g/mol. The van der Waals surface area contributed by atoms with Crippen molar-refractivity contribution in [3.8, 4) is 0 Å².